The number of benzene rings is 8. The first-order valence-corrected chi connectivity index (χ1v) is 18.9. The summed E-state index contributed by atoms with van der Waals surface area (Å²) >= 11 is 1.73. The minimum Gasteiger partial charge on any atom is -0.456 e. The van der Waals surface area contributed by atoms with Crippen LogP contribution in [-0.2, 0) is 0 Å². The molecule has 4 heterocycles. The predicted octanol–water partition coefficient (Wildman–Crippen LogP) is 14.2. The fourth-order valence-corrected chi connectivity index (χ4v) is 9.21. The summed E-state index contributed by atoms with van der Waals surface area (Å²) in [7, 11) is 0. The number of aromatic nitrogens is 2. The fraction of sp³-hybridized carbons (Fsp3) is 0. The quantitative estimate of drug-likeness (QED) is 0.183. The second-order valence-corrected chi connectivity index (χ2v) is 15.0. The van der Waals surface area contributed by atoms with Crippen molar-refractivity contribution in [3.05, 3.63) is 170 Å². The van der Waals surface area contributed by atoms with Crippen LogP contribution in [0.4, 0.5) is 0 Å². The average molecular weight is 709 g/mol. The third-order valence-electron chi connectivity index (χ3n) is 10.8. The SMILES string of the molecule is c1cc(-c2nc3ccccc3s2)cc(-n2c3ccc(-c4ccc5oc6ccccc6c5c4)cc3c3cc(-c4ccc5oc6ccccc6c5c4)ccc32)c1. The Kier molecular flexibility index (Phi) is 6.18. The fourth-order valence-electron chi connectivity index (χ4n) is 8.25. The Balaban J connectivity index is 1.07. The smallest absolute Gasteiger partial charge is 0.135 e. The normalized spacial score (nSPS) is 12.1. The lowest BCUT2D eigenvalue weighted by atomic mass is 9.98. The first-order valence-electron chi connectivity index (χ1n) is 18.1. The van der Waals surface area contributed by atoms with Gasteiger partial charge in [-0.25, -0.2) is 4.98 Å². The van der Waals surface area contributed by atoms with Crippen molar-refractivity contribution < 1.29 is 8.83 Å². The molecule has 0 saturated carbocycles. The molecule has 4 aromatic heterocycles. The molecule has 0 fully saturated rings. The number of hydrogen-bond acceptors (Lipinski definition) is 4. The molecule has 0 spiro atoms. The maximum absolute atomic E-state index is 6.17. The summed E-state index contributed by atoms with van der Waals surface area (Å²) in [6, 6.07) is 60.5. The minimum atomic E-state index is 0.901. The van der Waals surface area contributed by atoms with Crippen molar-refractivity contribution in [3.8, 4) is 38.5 Å². The van der Waals surface area contributed by atoms with Crippen LogP contribution in [0.15, 0.2) is 179 Å². The van der Waals surface area contributed by atoms with E-state index in [0.29, 0.717) is 0 Å². The number of fused-ring (bicyclic) bond motifs is 10. The van der Waals surface area contributed by atoms with Crippen molar-refractivity contribution in [2.45, 2.75) is 0 Å². The van der Waals surface area contributed by atoms with Gasteiger partial charge < -0.3 is 13.4 Å². The van der Waals surface area contributed by atoms with Gasteiger partial charge in [-0.2, -0.15) is 0 Å². The van der Waals surface area contributed by atoms with Gasteiger partial charge in [0.05, 0.1) is 21.3 Å². The summed E-state index contributed by atoms with van der Waals surface area (Å²) < 4.78 is 15.9. The number of nitrogens with zero attached hydrogens (tertiary/aromatic N) is 2. The summed E-state index contributed by atoms with van der Waals surface area (Å²) in [4.78, 5) is 4.99. The highest BCUT2D eigenvalue weighted by molar-refractivity contribution is 7.21. The van der Waals surface area contributed by atoms with Crippen molar-refractivity contribution in [2.24, 2.45) is 0 Å². The highest BCUT2D eigenvalue weighted by Crippen LogP contribution is 2.41. The van der Waals surface area contributed by atoms with Crippen molar-refractivity contribution in [3.63, 3.8) is 0 Å². The standard InChI is InChI=1S/C49H28N2O2S/c1-4-13-44-35(10-1)39-27-31(18-22-46(39)52-44)29-16-20-42-37(25-29)38-26-30(32-19-23-47-40(28-32)36-11-2-5-14-45(36)53-47)17-21-43(38)51(42)34-9-7-8-33(24-34)49-50-41-12-3-6-15-48(41)54-49/h1-28H. The van der Waals surface area contributed by atoms with Crippen LogP contribution in [-0.4, -0.2) is 9.55 Å². The third kappa shape index (κ3) is 4.46. The lowest BCUT2D eigenvalue weighted by Gasteiger charge is -2.10. The molecule has 0 aliphatic rings. The van der Waals surface area contributed by atoms with Gasteiger partial charge in [-0.1, -0.05) is 84.9 Å². The molecular formula is C49H28N2O2S. The molecule has 0 bridgehead atoms. The van der Waals surface area contributed by atoms with Crippen LogP contribution in [0.2, 0.25) is 0 Å². The molecule has 54 heavy (non-hydrogen) atoms. The topological polar surface area (TPSA) is 44.1 Å². The van der Waals surface area contributed by atoms with Crippen molar-refractivity contribution in [2.75, 3.05) is 0 Å². The first-order chi connectivity index (χ1) is 26.7. The molecule has 12 rings (SSSR count). The minimum absolute atomic E-state index is 0.901. The van der Waals surface area contributed by atoms with Gasteiger partial charge in [-0.05, 0) is 107 Å². The van der Waals surface area contributed by atoms with Gasteiger partial charge in [0.15, 0.2) is 0 Å². The largest absolute Gasteiger partial charge is 0.456 e. The third-order valence-corrected chi connectivity index (χ3v) is 11.9. The molecule has 252 valence electrons. The molecule has 0 saturated heterocycles. The van der Waals surface area contributed by atoms with E-state index in [4.69, 9.17) is 13.8 Å². The summed E-state index contributed by atoms with van der Waals surface area (Å²) in [6.07, 6.45) is 0. The van der Waals surface area contributed by atoms with Crippen LogP contribution >= 0.6 is 11.3 Å². The molecule has 12 aromatic rings. The van der Waals surface area contributed by atoms with E-state index < -0.39 is 0 Å². The van der Waals surface area contributed by atoms with Crippen LogP contribution < -0.4 is 0 Å². The molecule has 0 radical (unpaired) electrons. The summed E-state index contributed by atoms with van der Waals surface area (Å²) in [6.45, 7) is 0. The van der Waals surface area contributed by atoms with Crippen molar-refractivity contribution >= 4 is 87.2 Å². The van der Waals surface area contributed by atoms with Crippen LogP contribution in [0.1, 0.15) is 0 Å². The van der Waals surface area contributed by atoms with Gasteiger partial charge in [-0.3, -0.25) is 0 Å². The number of hydrogen-bond donors (Lipinski definition) is 0. The van der Waals surface area contributed by atoms with Crippen molar-refractivity contribution in [1.29, 1.82) is 0 Å². The molecule has 0 unspecified atom stereocenters. The zero-order valence-electron chi connectivity index (χ0n) is 28.8. The Bertz CT molecular complexity index is 3260. The lowest BCUT2D eigenvalue weighted by molar-refractivity contribution is 0.668. The van der Waals surface area contributed by atoms with Crippen LogP contribution in [0.5, 0.6) is 0 Å². The number of thiazole rings is 1. The molecule has 0 aliphatic carbocycles. The summed E-state index contributed by atoms with van der Waals surface area (Å²) in [5.41, 5.74) is 13.8. The van der Waals surface area contributed by atoms with E-state index in [1.807, 2.05) is 30.3 Å². The van der Waals surface area contributed by atoms with E-state index in [-0.39, 0.29) is 0 Å². The van der Waals surface area contributed by atoms with Gasteiger partial charge >= 0.3 is 0 Å². The molecular weight excluding hydrogens is 681 g/mol. The Morgan fingerprint density at radius 3 is 1.52 bits per heavy atom. The molecule has 0 N–H and O–H groups in total. The van der Waals surface area contributed by atoms with E-state index in [1.165, 1.54) is 15.5 Å². The van der Waals surface area contributed by atoms with Gasteiger partial charge in [0.25, 0.3) is 0 Å². The second-order valence-electron chi connectivity index (χ2n) is 14.0. The molecule has 0 amide bonds. The van der Waals surface area contributed by atoms with Crippen LogP contribution in [0.25, 0.3) is 114 Å². The molecule has 0 aliphatic heterocycles. The number of furan rings is 2. The predicted molar refractivity (Wildman–Crippen MR) is 225 cm³/mol. The first kappa shape index (κ1) is 29.6. The maximum Gasteiger partial charge on any atom is 0.135 e. The van der Waals surface area contributed by atoms with Gasteiger partial charge in [0, 0.05) is 43.6 Å². The Morgan fingerprint density at radius 1 is 0.389 bits per heavy atom. The van der Waals surface area contributed by atoms with E-state index in [0.717, 1.165) is 98.9 Å². The lowest BCUT2D eigenvalue weighted by Crippen LogP contribution is -1.94. The zero-order valence-corrected chi connectivity index (χ0v) is 29.6. The molecule has 4 nitrogen and oxygen atoms in total. The second kappa shape index (κ2) is 11.3. The van der Waals surface area contributed by atoms with Crippen LogP contribution in [0, 0.1) is 0 Å². The summed E-state index contributed by atoms with van der Waals surface area (Å²) in [5.74, 6) is 0. The van der Waals surface area contributed by atoms with Crippen LogP contribution in [0.3, 0.4) is 0 Å². The Labute approximate surface area is 312 Å². The van der Waals surface area contributed by atoms with E-state index in [2.05, 4.69) is 144 Å². The van der Waals surface area contributed by atoms with Gasteiger partial charge in [0.2, 0.25) is 0 Å². The highest BCUT2D eigenvalue weighted by Gasteiger charge is 2.17. The number of rotatable bonds is 4. The molecule has 8 aromatic carbocycles. The average Bonchev–Trinajstić information content (AvgIpc) is 4.00. The van der Waals surface area contributed by atoms with Gasteiger partial charge in [-0.15, -0.1) is 11.3 Å². The van der Waals surface area contributed by atoms with Crippen molar-refractivity contribution in [1.82, 2.24) is 9.55 Å². The Morgan fingerprint density at radius 2 is 0.907 bits per heavy atom. The molecule has 5 heteroatoms. The highest BCUT2D eigenvalue weighted by atomic mass is 32.1. The molecule has 0 atom stereocenters. The van der Waals surface area contributed by atoms with E-state index in [9.17, 15) is 0 Å². The zero-order chi connectivity index (χ0) is 35.3. The number of para-hydroxylation sites is 3. The van der Waals surface area contributed by atoms with E-state index >= 15 is 0 Å². The Hall–Kier alpha value is -6.95. The monoisotopic (exact) mass is 708 g/mol. The van der Waals surface area contributed by atoms with Gasteiger partial charge in [0.1, 0.15) is 27.3 Å². The maximum atomic E-state index is 6.17. The van der Waals surface area contributed by atoms with E-state index in [1.54, 1.807) is 11.3 Å². The summed E-state index contributed by atoms with van der Waals surface area (Å²) in [5, 5.41) is 7.93.